The molecule has 3 saturated heterocycles. The maximum absolute atomic E-state index is 13.8. The summed E-state index contributed by atoms with van der Waals surface area (Å²) < 4.78 is 0. The Balaban J connectivity index is 1.52. The number of carbonyl (C=O) groups is 3. The third-order valence-electron chi connectivity index (χ3n) is 7.54. The van der Waals surface area contributed by atoms with Crippen molar-refractivity contribution in [1.29, 1.82) is 0 Å². The Labute approximate surface area is 185 Å². The smallest absolute Gasteiger partial charge is 0.250 e. The Hall–Kier alpha value is -2.70. The summed E-state index contributed by atoms with van der Waals surface area (Å²) in [6, 6.07) is 13.0. The van der Waals surface area contributed by atoms with Crippen LogP contribution in [0.3, 0.4) is 0 Å². The molecule has 3 amide bonds. The predicted octanol–water partition coefficient (Wildman–Crippen LogP) is 3.08. The number of hydrogen-bond acceptors (Lipinski definition) is 4. The van der Waals surface area contributed by atoms with Crippen LogP contribution in [0.15, 0.2) is 42.5 Å². The van der Waals surface area contributed by atoms with Crippen LogP contribution in [-0.2, 0) is 26.5 Å². The van der Waals surface area contributed by atoms with E-state index in [0.717, 1.165) is 35.2 Å². The first-order chi connectivity index (χ1) is 14.9. The van der Waals surface area contributed by atoms with E-state index in [4.69, 9.17) is 11.6 Å². The van der Waals surface area contributed by atoms with Crippen LogP contribution in [-0.4, -0.2) is 40.1 Å². The van der Waals surface area contributed by atoms with Crippen molar-refractivity contribution in [1.82, 2.24) is 9.80 Å². The summed E-state index contributed by atoms with van der Waals surface area (Å²) in [6.45, 7) is 2.83. The largest absolute Gasteiger partial charge is 0.324 e. The molecule has 6 nitrogen and oxygen atoms in total. The van der Waals surface area contributed by atoms with E-state index in [-0.39, 0.29) is 30.3 Å². The van der Waals surface area contributed by atoms with Crippen molar-refractivity contribution in [2.75, 3.05) is 11.9 Å². The van der Waals surface area contributed by atoms with Crippen molar-refractivity contribution in [2.24, 2.45) is 11.8 Å². The minimum absolute atomic E-state index is 0.113. The van der Waals surface area contributed by atoms with Gasteiger partial charge in [-0.1, -0.05) is 41.9 Å². The van der Waals surface area contributed by atoms with Crippen LogP contribution in [0.1, 0.15) is 29.5 Å². The van der Waals surface area contributed by atoms with Crippen molar-refractivity contribution in [2.45, 2.75) is 37.9 Å². The third-order valence-corrected chi connectivity index (χ3v) is 7.76. The van der Waals surface area contributed by atoms with E-state index >= 15 is 0 Å². The Bertz CT molecular complexity index is 1150. The zero-order valence-electron chi connectivity index (χ0n) is 17.1. The summed E-state index contributed by atoms with van der Waals surface area (Å²) in [4.78, 5) is 44.5. The number of rotatable bonds is 2. The maximum atomic E-state index is 13.8. The van der Waals surface area contributed by atoms with Crippen LogP contribution in [0.5, 0.6) is 0 Å². The number of fused-ring (bicyclic) bond motifs is 7. The van der Waals surface area contributed by atoms with Crippen molar-refractivity contribution in [3.8, 4) is 0 Å². The second-order valence-electron chi connectivity index (χ2n) is 9.02. The van der Waals surface area contributed by atoms with Gasteiger partial charge in [0.05, 0.1) is 18.4 Å². The molecule has 31 heavy (non-hydrogen) atoms. The fourth-order valence-corrected chi connectivity index (χ4v) is 6.69. The molecule has 2 aromatic rings. The summed E-state index contributed by atoms with van der Waals surface area (Å²) in [5.74, 6) is -1.86. The molecule has 4 heterocycles. The number of anilines is 1. The van der Waals surface area contributed by atoms with Crippen LogP contribution in [0.4, 0.5) is 5.69 Å². The fraction of sp³-hybridized carbons (Fsp3) is 0.375. The third kappa shape index (κ3) is 2.29. The van der Waals surface area contributed by atoms with E-state index < -0.39 is 17.4 Å². The summed E-state index contributed by atoms with van der Waals surface area (Å²) in [7, 11) is 0. The van der Waals surface area contributed by atoms with E-state index in [1.54, 1.807) is 6.07 Å². The van der Waals surface area contributed by atoms with Gasteiger partial charge in [0.2, 0.25) is 17.7 Å². The molecule has 1 N–H and O–H groups in total. The molecule has 2 aromatic carbocycles. The lowest BCUT2D eigenvalue weighted by Crippen LogP contribution is -2.54. The number of halogens is 1. The SMILES string of the molecule is Cc1cc(Cl)cc2c1NC(=O)[C@@]21[C@@H]2C(=O)N(Cc3ccccc3)C(=O)[C@@H]2[C@@H]2CCCN21. The van der Waals surface area contributed by atoms with Crippen LogP contribution in [0.25, 0.3) is 0 Å². The Morgan fingerprint density at radius 2 is 1.90 bits per heavy atom. The molecule has 4 aliphatic heterocycles. The van der Waals surface area contributed by atoms with Crippen molar-refractivity contribution >= 4 is 35.0 Å². The van der Waals surface area contributed by atoms with Gasteiger partial charge in [0.25, 0.3) is 0 Å². The minimum Gasteiger partial charge on any atom is -0.324 e. The molecule has 4 atom stereocenters. The second-order valence-corrected chi connectivity index (χ2v) is 9.46. The zero-order chi connectivity index (χ0) is 21.5. The molecule has 0 saturated carbocycles. The lowest BCUT2D eigenvalue weighted by atomic mass is 9.75. The van der Waals surface area contributed by atoms with Crippen molar-refractivity contribution < 1.29 is 14.4 Å². The number of hydrogen-bond donors (Lipinski definition) is 1. The second kappa shape index (κ2) is 6.40. The van der Waals surface area contributed by atoms with E-state index in [9.17, 15) is 14.4 Å². The number of carbonyl (C=O) groups excluding carboxylic acids is 3. The molecule has 0 aliphatic carbocycles. The van der Waals surface area contributed by atoms with Gasteiger partial charge < -0.3 is 5.32 Å². The highest BCUT2D eigenvalue weighted by Gasteiger charge is 2.74. The normalized spacial score (nSPS) is 31.4. The molecule has 6 rings (SSSR count). The Morgan fingerprint density at radius 3 is 2.68 bits per heavy atom. The number of amides is 3. The van der Waals surface area contributed by atoms with Gasteiger partial charge in [-0.25, -0.2) is 0 Å². The summed E-state index contributed by atoms with van der Waals surface area (Å²) >= 11 is 6.40. The molecule has 7 heteroatoms. The van der Waals surface area contributed by atoms with Crippen LogP contribution < -0.4 is 5.32 Å². The van der Waals surface area contributed by atoms with Gasteiger partial charge in [-0.15, -0.1) is 0 Å². The van der Waals surface area contributed by atoms with Gasteiger partial charge in [-0.2, -0.15) is 0 Å². The highest BCUT2D eigenvalue weighted by Crippen LogP contribution is 2.61. The quantitative estimate of drug-likeness (QED) is 0.736. The Kier molecular flexibility index (Phi) is 3.93. The predicted molar refractivity (Wildman–Crippen MR) is 115 cm³/mol. The summed E-state index contributed by atoms with van der Waals surface area (Å²) in [5, 5.41) is 3.56. The number of benzene rings is 2. The number of aryl methyl sites for hydroxylation is 1. The monoisotopic (exact) mass is 435 g/mol. The summed E-state index contributed by atoms with van der Waals surface area (Å²) in [5.41, 5.74) is 2.06. The highest BCUT2D eigenvalue weighted by molar-refractivity contribution is 6.31. The number of likely N-dealkylation sites (tertiary alicyclic amines) is 1. The maximum Gasteiger partial charge on any atom is 0.250 e. The van der Waals surface area contributed by atoms with E-state index in [0.29, 0.717) is 11.6 Å². The van der Waals surface area contributed by atoms with Crippen molar-refractivity contribution in [3.05, 3.63) is 64.2 Å². The van der Waals surface area contributed by atoms with Crippen LogP contribution in [0.2, 0.25) is 5.02 Å². The highest BCUT2D eigenvalue weighted by atomic mass is 35.5. The molecule has 158 valence electrons. The first-order valence-corrected chi connectivity index (χ1v) is 11.1. The number of imide groups is 1. The number of nitrogens with zero attached hydrogens (tertiary/aromatic N) is 2. The summed E-state index contributed by atoms with van der Waals surface area (Å²) in [6.07, 6.45) is 1.71. The molecule has 1 spiro atoms. The van der Waals surface area contributed by atoms with Gasteiger partial charge in [-0.05, 0) is 49.6 Å². The fourth-order valence-electron chi connectivity index (χ4n) is 6.42. The molecule has 3 fully saturated rings. The first-order valence-electron chi connectivity index (χ1n) is 10.7. The standard InChI is InChI=1S/C24H22ClN3O3/c1-13-10-15(25)11-16-20(13)26-23(31)24(16)19-18(17-8-5-9-28(17)24)21(29)27(22(19)30)12-14-6-3-2-4-7-14/h2-4,6-7,10-11,17-19H,5,8-9,12H2,1H3,(H,26,31)/t17-,18+,19-,24-/m0/s1. The lowest BCUT2D eigenvalue weighted by Gasteiger charge is -2.36. The average Bonchev–Trinajstić information content (AvgIpc) is 3.45. The van der Waals surface area contributed by atoms with E-state index in [2.05, 4.69) is 10.2 Å². The zero-order valence-corrected chi connectivity index (χ0v) is 17.9. The molecule has 0 bridgehead atoms. The Morgan fingerprint density at radius 1 is 1.13 bits per heavy atom. The van der Waals surface area contributed by atoms with E-state index in [1.165, 1.54) is 4.90 Å². The van der Waals surface area contributed by atoms with Gasteiger partial charge >= 0.3 is 0 Å². The molecule has 0 aromatic heterocycles. The lowest BCUT2D eigenvalue weighted by molar-refractivity contribution is -0.146. The molecular weight excluding hydrogens is 414 g/mol. The van der Waals surface area contributed by atoms with Gasteiger partial charge in [-0.3, -0.25) is 24.2 Å². The van der Waals surface area contributed by atoms with Crippen LogP contribution >= 0.6 is 11.6 Å². The average molecular weight is 436 g/mol. The molecule has 0 unspecified atom stereocenters. The van der Waals surface area contributed by atoms with Crippen molar-refractivity contribution in [3.63, 3.8) is 0 Å². The topological polar surface area (TPSA) is 69.7 Å². The molecular formula is C24H22ClN3O3. The van der Waals surface area contributed by atoms with Gasteiger partial charge in [0, 0.05) is 22.3 Å². The first kappa shape index (κ1) is 19.0. The number of nitrogens with one attached hydrogen (secondary N) is 1. The minimum atomic E-state index is -1.17. The molecule has 4 aliphatic rings. The molecule has 0 radical (unpaired) electrons. The van der Waals surface area contributed by atoms with Gasteiger partial charge in [0.15, 0.2) is 0 Å². The van der Waals surface area contributed by atoms with E-state index in [1.807, 2.05) is 43.3 Å². The van der Waals surface area contributed by atoms with Gasteiger partial charge in [0.1, 0.15) is 5.54 Å². The van der Waals surface area contributed by atoms with Crippen LogP contribution in [0, 0.1) is 18.8 Å².